The summed E-state index contributed by atoms with van der Waals surface area (Å²) in [6.45, 7) is 3.94. The van der Waals surface area contributed by atoms with E-state index >= 15 is 0 Å². The summed E-state index contributed by atoms with van der Waals surface area (Å²) in [6.07, 6.45) is -0.00848. The number of carbonyl (C=O) groups excluding carboxylic acids is 2. The molecule has 0 spiro atoms. The molecular weight excluding hydrogens is 318 g/mol. The van der Waals surface area contributed by atoms with Crippen LogP contribution in [-0.2, 0) is 16.0 Å². The summed E-state index contributed by atoms with van der Waals surface area (Å²) in [5, 5.41) is 13.9. The number of benzene rings is 2. The molecule has 1 amide bonds. The third-order valence-corrected chi connectivity index (χ3v) is 3.91. The largest absolute Gasteiger partial charge is 0.550 e. The van der Waals surface area contributed by atoms with Crippen LogP contribution in [0.25, 0.3) is 0 Å². The fourth-order valence-electron chi connectivity index (χ4n) is 2.91. The van der Waals surface area contributed by atoms with Gasteiger partial charge in [-0.15, -0.1) is 0 Å². The molecule has 0 aliphatic carbocycles. The van der Waals surface area contributed by atoms with E-state index in [1.165, 1.54) is 7.11 Å². The first-order chi connectivity index (χ1) is 11.9. The molecule has 0 aromatic heterocycles. The highest BCUT2D eigenvalue weighted by Crippen LogP contribution is 2.25. The highest BCUT2D eigenvalue weighted by molar-refractivity contribution is 5.95. The van der Waals surface area contributed by atoms with Crippen LogP contribution in [0.1, 0.15) is 23.1 Å². The van der Waals surface area contributed by atoms with Crippen molar-refractivity contribution in [2.75, 3.05) is 12.4 Å². The minimum atomic E-state index is -1.25. The maximum absolute atomic E-state index is 12.6. The molecule has 2 rings (SSSR count). The third-order valence-electron chi connectivity index (χ3n) is 3.91. The molecular formula is C20H22NO4-. The first-order valence-electron chi connectivity index (χ1n) is 8.10. The Morgan fingerprint density at radius 1 is 1.12 bits per heavy atom. The van der Waals surface area contributed by atoms with Gasteiger partial charge in [-0.1, -0.05) is 41.5 Å². The molecule has 132 valence electrons. The quantitative estimate of drug-likeness (QED) is 0.838. The van der Waals surface area contributed by atoms with E-state index in [1.54, 1.807) is 24.3 Å². The van der Waals surface area contributed by atoms with Gasteiger partial charge in [0.05, 0.1) is 12.8 Å². The number of aliphatic carboxylic acids is 1. The summed E-state index contributed by atoms with van der Waals surface area (Å²) in [5.41, 5.74) is 3.59. The lowest BCUT2D eigenvalue weighted by Crippen LogP contribution is -2.32. The maximum atomic E-state index is 12.6. The Hall–Kier alpha value is -2.82. The molecule has 0 aliphatic rings. The lowest BCUT2D eigenvalue weighted by molar-refractivity contribution is -0.306. The average molecular weight is 340 g/mol. The normalized spacial score (nSPS) is 11.6. The molecule has 0 aliphatic heterocycles. The predicted octanol–water partition coefficient (Wildman–Crippen LogP) is 2.25. The monoisotopic (exact) mass is 340 g/mol. The van der Waals surface area contributed by atoms with Gasteiger partial charge in [0, 0.05) is 11.9 Å². The van der Waals surface area contributed by atoms with Crippen LogP contribution in [-0.4, -0.2) is 19.0 Å². The molecule has 0 bridgehead atoms. The highest BCUT2D eigenvalue weighted by atomic mass is 16.5. The molecule has 0 fully saturated rings. The van der Waals surface area contributed by atoms with Gasteiger partial charge in [0.25, 0.3) is 0 Å². The Labute approximate surface area is 147 Å². The van der Waals surface area contributed by atoms with Gasteiger partial charge in [0.1, 0.15) is 5.75 Å². The zero-order chi connectivity index (χ0) is 18.4. The lowest BCUT2D eigenvalue weighted by Gasteiger charge is -2.19. The van der Waals surface area contributed by atoms with Crippen LogP contribution in [0, 0.1) is 19.8 Å². The molecule has 0 saturated carbocycles. The molecule has 2 aromatic rings. The van der Waals surface area contributed by atoms with Crippen molar-refractivity contribution in [1.82, 2.24) is 0 Å². The summed E-state index contributed by atoms with van der Waals surface area (Å²) in [6, 6.07) is 13.0. The van der Waals surface area contributed by atoms with Gasteiger partial charge in [-0.2, -0.15) is 0 Å². The zero-order valence-electron chi connectivity index (χ0n) is 14.7. The van der Waals surface area contributed by atoms with Crippen molar-refractivity contribution < 1.29 is 19.4 Å². The zero-order valence-corrected chi connectivity index (χ0v) is 14.7. The smallest absolute Gasteiger partial charge is 0.228 e. The number of para-hydroxylation sites is 2. The Balaban J connectivity index is 2.21. The second-order valence-electron chi connectivity index (χ2n) is 6.16. The molecule has 0 saturated heterocycles. The Morgan fingerprint density at radius 3 is 2.36 bits per heavy atom. The summed E-state index contributed by atoms with van der Waals surface area (Å²) < 4.78 is 5.21. The first kappa shape index (κ1) is 18.5. The fraction of sp³-hybridized carbons (Fsp3) is 0.300. The number of hydrogen-bond donors (Lipinski definition) is 1. The van der Waals surface area contributed by atoms with Gasteiger partial charge in [-0.05, 0) is 44.4 Å². The number of anilines is 1. The molecule has 0 unspecified atom stereocenters. The molecule has 5 heteroatoms. The van der Waals surface area contributed by atoms with Gasteiger partial charge < -0.3 is 20.0 Å². The Morgan fingerprint density at radius 2 is 1.76 bits per heavy atom. The van der Waals surface area contributed by atoms with Gasteiger partial charge in [0.15, 0.2) is 0 Å². The topological polar surface area (TPSA) is 78.5 Å². The minimum absolute atomic E-state index is 0.331. The van der Waals surface area contributed by atoms with Crippen LogP contribution in [0.15, 0.2) is 42.5 Å². The molecule has 1 N–H and O–H groups in total. The van der Waals surface area contributed by atoms with Crippen LogP contribution >= 0.6 is 0 Å². The van der Waals surface area contributed by atoms with E-state index in [1.807, 2.05) is 32.0 Å². The van der Waals surface area contributed by atoms with Crippen LogP contribution in [0.5, 0.6) is 5.75 Å². The molecule has 1 atom stereocenters. The van der Waals surface area contributed by atoms with Crippen LogP contribution < -0.4 is 15.2 Å². The van der Waals surface area contributed by atoms with E-state index in [9.17, 15) is 14.7 Å². The number of nitrogens with one attached hydrogen (secondary N) is 1. The second kappa shape index (κ2) is 8.33. The molecule has 2 aromatic carbocycles. The van der Waals surface area contributed by atoms with Crippen molar-refractivity contribution in [2.45, 2.75) is 26.7 Å². The number of amides is 1. The number of carbonyl (C=O) groups is 2. The van der Waals surface area contributed by atoms with E-state index in [0.29, 0.717) is 17.9 Å². The summed E-state index contributed by atoms with van der Waals surface area (Å²) in [4.78, 5) is 23.7. The standard InChI is InChI=1S/C20H23NO4/c1-13-8-14(2)10-15(9-13)11-16(12-19(22)23)20(24)21-17-6-4-5-7-18(17)25-3/h4-10,16H,11-12H2,1-3H3,(H,21,24)(H,22,23)/p-1/t16-/m1/s1. The number of methoxy groups -OCH3 is 1. The SMILES string of the molecule is COc1ccccc1NC(=O)[C@@H](CC(=O)[O-])Cc1cc(C)cc(C)c1. The number of carboxylic acids is 1. The third kappa shape index (κ3) is 5.35. The van der Waals surface area contributed by atoms with Crippen molar-refractivity contribution in [3.05, 3.63) is 59.2 Å². The van der Waals surface area contributed by atoms with E-state index in [4.69, 9.17) is 4.74 Å². The van der Waals surface area contributed by atoms with E-state index < -0.39 is 11.9 Å². The van der Waals surface area contributed by atoms with Crippen LogP contribution in [0.2, 0.25) is 0 Å². The Kier molecular flexibility index (Phi) is 6.17. The van der Waals surface area contributed by atoms with Crippen molar-refractivity contribution >= 4 is 17.6 Å². The number of rotatable bonds is 7. The van der Waals surface area contributed by atoms with Crippen molar-refractivity contribution in [3.63, 3.8) is 0 Å². The van der Waals surface area contributed by atoms with Crippen LogP contribution in [0.4, 0.5) is 5.69 Å². The molecule has 5 nitrogen and oxygen atoms in total. The predicted molar refractivity (Wildman–Crippen MR) is 94.4 cm³/mol. The van der Waals surface area contributed by atoms with Crippen molar-refractivity contribution in [3.8, 4) is 5.75 Å². The number of carboxylic acid groups (broad SMARTS) is 1. The number of aryl methyl sites for hydroxylation is 2. The first-order valence-corrected chi connectivity index (χ1v) is 8.10. The molecule has 0 heterocycles. The second-order valence-corrected chi connectivity index (χ2v) is 6.16. The average Bonchev–Trinajstić information content (AvgIpc) is 2.53. The van der Waals surface area contributed by atoms with E-state index in [-0.39, 0.29) is 12.3 Å². The Bertz CT molecular complexity index is 750. The molecule has 25 heavy (non-hydrogen) atoms. The number of ether oxygens (including phenoxy) is 1. The van der Waals surface area contributed by atoms with E-state index in [2.05, 4.69) is 5.32 Å². The van der Waals surface area contributed by atoms with Gasteiger partial charge in [-0.25, -0.2) is 0 Å². The maximum Gasteiger partial charge on any atom is 0.228 e. The number of hydrogen-bond acceptors (Lipinski definition) is 4. The lowest BCUT2D eigenvalue weighted by atomic mass is 9.93. The summed E-state index contributed by atoms with van der Waals surface area (Å²) in [7, 11) is 1.51. The van der Waals surface area contributed by atoms with Crippen molar-refractivity contribution in [1.29, 1.82) is 0 Å². The van der Waals surface area contributed by atoms with Crippen LogP contribution in [0.3, 0.4) is 0 Å². The highest BCUT2D eigenvalue weighted by Gasteiger charge is 2.21. The summed E-state index contributed by atoms with van der Waals surface area (Å²) in [5.74, 6) is -1.82. The summed E-state index contributed by atoms with van der Waals surface area (Å²) >= 11 is 0. The minimum Gasteiger partial charge on any atom is -0.550 e. The van der Waals surface area contributed by atoms with Crippen molar-refractivity contribution in [2.24, 2.45) is 5.92 Å². The van der Waals surface area contributed by atoms with Gasteiger partial charge in [-0.3, -0.25) is 4.79 Å². The molecule has 0 radical (unpaired) electrons. The van der Waals surface area contributed by atoms with E-state index in [0.717, 1.165) is 16.7 Å². The van der Waals surface area contributed by atoms with Gasteiger partial charge >= 0.3 is 0 Å². The fourth-order valence-corrected chi connectivity index (χ4v) is 2.91. The van der Waals surface area contributed by atoms with Gasteiger partial charge in [0.2, 0.25) is 5.91 Å².